The Morgan fingerprint density at radius 2 is 1.96 bits per heavy atom. The number of aryl methyl sites for hydroxylation is 1. The molecule has 0 aliphatic carbocycles. The van der Waals surface area contributed by atoms with E-state index < -0.39 is 0 Å². The highest BCUT2D eigenvalue weighted by molar-refractivity contribution is 5.94. The number of nitrogens with zero attached hydrogens (tertiary/aromatic N) is 2. The Morgan fingerprint density at radius 3 is 2.73 bits per heavy atom. The molecule has 6 heteroatoms. The number of nitrogens with one attached hydrogen (secondary N) is 2. The van der Waals surface area contributed by atoms with E-state index in [1.807, 2.05) is 31.2 Å². The minimum Gasteiger partial charge on any atom is -0.379 e. The summed E-state index contributed by atoms with van der Waals surface area (Å²) in [6, 6.07) is 11.7. The molecule has 0 atom stereocenters. The van der Waals surface area contributed by atoms with Crippen LogP contribution in [0.3, 0.4) is 0 Å². The van der Waals surface area contributed by atoms with E-state index in [-0.39, 0.29) is 5.91 Å². The van der Waals surface area contributed by atoms with E-state index in [2.05, 4.69) is 20.5 Å². The molecule has 1 fully saturated rings. The molecule has 1 saturated heterocycles. The number of anilines is 1. The molecule has 0 spiro atoms. The third-order valence-electron chi connectivity index (χ3n) is 4.43. The van der Waals surface area contributed by atoms with Crippen LogP contribution in [0.15, 0.2) is 42.6 Å². The maximum atomic E-state index is 12.4. The average molecular weight is 354 g/mol. The van der Waals surface area contributed by atoms with Crippen LogP contribution in [0.25, 0.3) is 0 Å². The molecular weight excluding hydrogens is 328 g/mol. The van der Waals surface area contributed by atoms with Crippen molar-refractivity contribution in [3.8, 4) is 0 Å². The minimum absolute atomic E-state index is 0.0933. The SMILES string of the molecule is Cc1ccc(CNC(=O)c2ccnc(NCCN3CCOCC3)c2)cc1. The maximum Gasteiger partial charge on any atom is 0.251 e. The van der Waals surface area contributed by atoms with Crippen molar-refractivity contribution in [1.82, 2.24) is 15.2 Å². The first-order valence-corrected chi connectivity index (χ1v) is 9.04. The molecule has 2 N–H and O–H groups in total. The zero-order valence-electron chi connectivity index (χ0n) is 15.2. The van der Waals surface area contributed by atoms with Gasteiger partial charge in [-0.2, -0.15) is 0 Å². The van der Waals surface area contributed by atoms with Crippen molar-refractivity contribution in [1.29, 1.82) is 0 Å². The van der Waals surface area contributed by atoms with Gasteiger partial charge in [-0.15, -0.1) is 0 Å². The van der Waals surface area contributed by atoms with Crippen molar-refractivity contribution in [3.63, 3.8) is 0 Å². The molecule has 6 nitrogen and oxygen atoms in total. The Kier molecular flexibility index (Phi) is 6.57. The molecule has 1 aliphatic heterocycles. The lowest BCUT2D eigenvalue weighted by Gasteiger charge is -2.26. The Hall–Kier alpha value is -2.44. The first kappa shape index (κ1) is 18.4. The lowest BCUT2D eigenvalue weighted by atomic mass is 10.1. The number of rotatable bonds is 7. The summed E-state index contributed by atoms with van der Waals surface area (Å²) in [5, 5.41) is 6.25. The summed E-state index contributed by atoms with van der Waals surface area (Å²) in [6.07, 6.45) is 1.66. The number of amides is 1. The fraction of sp³-hybridized carbons (Fsp3) is 0.400. The van der Waals surface area contributed by atoms with E-state index in [0.717, 1.165) is 50.8 Å². The molecule has 26 heavy (non-hydrogen) atoms. The molecule has 2 heterocycles. The van der Waals surface area contributed by atoms with Gasteiger partial charge in [0.25, 0.3) is 5.91 Å². The number of hydrogen-bond acceptors (Lipinski definition) is 5. The minimum atomic E-state index is -0.0933. The summed E-state index contributed by atoms with van der Waals surface area (Å²) < 4.78 is 5.35. The number of carbonyl (C=O) groups excluding carboxylic acids is 1. The van der Waals surface area contributed by atoms with Crippen LogP contribution >= 0.6 is 0 Å². The van der Waals surface area contributed by atoms with Gasteiger partial charge in [-0.05, 0) is 24.6 Å². The molecule has 3 rings (SSSR count). The van der Waals surface area contributed by atoms with Crippen LogP contribution in [0.2, 0.25) is 0 Å². The van der Waals surface area contributed by atoms with Crippen LogP contribution < -0.4 is 10.6 Å². The third kappa shape index (κ3) is 5.54. The van der Waals surface area contributed by atoms with Crippen LogP contribution in [0, 0.1) is 6.92 Å². The van der Waals surface area contributed by atoms with E-state index in [0.29, 0.717) is 12.1 Å². The van der Waals surface area contributed by atoms with Gasteiger partial charge in [-0.1, -0.05) is 29.8 Å². The monoisotopic (exact) mass is 354 g/mol. The number of pyridine rings is 1. The second-order valence-electron chi connectivity index (χ2n) is 6.48. The molecule has 1 aromatic carbocycles. The van der Waals surface area contributed by atoms with Gasteiger partial charge in [0.05, 0.1) is 13.2 Å². The molecule has 2 aromatic rings. The molecule has 0 bridgehead atoms. The normalized spacial score (nSPS) is 14.8. The number of benzene rings is 1. The van der Waals surface area contributed by atoms with E-state index in [4.69, 9.17) is 4.74 Å². The van der Waals surface area contributed by atoms with Crippen molar-refractivity contribution < 1.29 is 9.53 Å². The van der Waals surface area contributed by atoms with Crippen molar-refractivity contribution >= 4 is 11.7 Å². The van der Waals surface area contributed by atoms with E-state index in [9.17, 15) is 4.79 Å². The summed E-state index contributed by atoms with van der Waals surface area (Å²) in [4.78, 5) is 19.0. The number of aromatic nitrogens is 1. The number of ether oxygens (including phenoxy) is 1. The third-order valence-corrected chi connectivity index (χ3v) is 4.43. The summed E-state index contributed by atoms with van der Waals surface area (Å²) in [5.74, 6) is 0.630. The lowest BCUT2D eigenvalue weighted by Crippen LogP contribution is -2.39. The zero-order chi connectivity index (χ0) is 18.2. The summed E-state index contributed by atoms with van der Waals surface area (Å²) in [5.41, 5.74) is 2.91. The standard InChI is InChI=1S/C20H26N4O2/c1-16-2-4-17(5-3-16)15-23-20(25)18-6-7-21-19(14-18)22-8-9-24-10-12-26-13-11-24/h2-7,14H,8-13,15H2,1H3,(H,21,22)(H,23,25). The summed E-state index contributed by atoms with van der Waals surface area (Å²) in [7, 11) is 0. The predicted octanol–water partition coefficient (Wildman–Crippen LogP) is 2.06. The van der Waals surface area contributed by atoms with E-state index >= 15 is 0 Å². The smallest absolute Gasteiger partial charge is 0.251 e. The molecule has 1 aliphatic rings. The summed E-state index contributed by atoms with van der Waals surface area (Å²) >= 11 is 0. The lowest BCUT2D eigenvalue weighted by molar-refractivity contribution is 0.0398. The molecular formula is C20H26N4O2. The van der Waals surface area contributed by atoms with E-state index in [1.54, 1.807) is 18.3 Å². The Balaban J connectivity index is 1.47. The van der Waals surface area contributed by atoms with Gasteiger partial charge in [-0.3, -0.25) is 9.69 Å². The van der Waals surface area contributed by atoms with Gasteiger partial charge in [0, 0.05) is 44.5 Å². The van der Waals surface area contributed by atoms with E-state index in [1.165, 1.54) is 5.56 Å². The van der Waals surface area contributed by atoms with Crippen molar-refractivity contribution in [3.05, 3.63) is 59.3 Å². The van der Waals surface area contributed by atoms with Crippen LogP contribution in [0.5, 0.6) is 0 Å². The molecule has 0 saturated carbocycles. The first-order valence-electron chi connectivity index (χ1n) is 9.04. The van der Waals surface area contributed by atoms with Crippen LogP contribution in [0.4, 0.5) is 5.82 Å². The van der Waals surface area contributed by atoms with Gasteiger partial charge in [0.1, 0.15) is 5.82 Å². The van der Waals surface area contributed by atoms with Crippen LogP contribution in [-0.2, 0) is 11.3 Å². The fourth-order valence-electron chi connectivity index (χ4n) is 2.83. The van der Waals surface area contributed by atoms with Gasteiger partial charge >= 0.3 is 0 Å². The molecule has 1 amide bonds. The molecule has 0 radical (unpaired) electrons. The van der Waals surface area contributed by atoms with Gasteiger partial charge < -0.3 is 15.4 Å². The van der Waals surface area contributed by atoms with Crippen LogP contribution in [0.1, 0.15) is 21.5 Å². The second-order valence-corrected chi connectivity index (χ2v) is 6.48. The van der Waals surface area contributed by atoms with Gasteiger partial charge in [0.2, 0.25) is 0 Å². The highest BCUT2D eigenvalue weighted by atomic mass is 16.5. The Labute approximate surface area is 154 Å². The maximum absolute atomic E-state index is 12.4. The largest absolute Gasteiger partial charge is 0.379 e. The van der Waals surface area contributed by atoms with Crippen molar-refractivity contribution in [2.45, 2.75) is 13.5 Å². The molecule has 138 valence electrons. The van der Waals surface area contributed by atoms with Crippen molar-refractivity contribution in [2.75, 3.05) is 44.7 Å². The molecule has 0 unspecified atom stereocenters. The average Bonchev–Trinajstić information content (AvgIpc) is 2.68. The number of carbonyl (C=O) groups is 1. The first-order chi connectivity index (χ1) is 12.7. The Bertz CT molecular complexity index is 712. The second kappa shape index (κ2) is 9.31. The van der Waals surface area contributed by atoms with Gasteiger partial charge in [-0.25, -0.2) is 4.98 Å². The van der Waals surface area contributed by atoms with Crippen molar-refractivity contribution in [2.24, 2.45) is 0 Å². The van der Waals surface area contributed by atoms with Crippen LogP contribution in [-0.4, -0.2) is 55.2 Å². The highest BCUT2D eigenvalue weighted by Gasteiger charge is 2.10. The quantitative estimate of drug-likeness (QED) is 0.797. The Morgan fingerprint density at radius 1 is 1.19 bits per heavy atom. The van der Waals surface area contributed by atoms with Gasteiger partial charge in [0.15, 0.2) is 0 Å². The number of hydrogen-bond donors (Lipinski definition) is 2. The fourth-order valence-corrected chi connectivity index (χ4v) is 2.83. The predicted molar refractivity (Wildman–Crippen MR) is 102 cm³/mol. The zero-order valence-corrected chi connectivity index (χ0v) is 15.2. The number of morpholine rings is 1. The summed E-state index contributed by atoms with van der Waals surface area (Å²) in [6.45, 7) is 7.83. The molecule has 1 aromatic heterocycles. The highest BCUT2D eigenvalue weighted by Crippen LogP contribution is 2.08. The topological polar surface area (TPSA) is 66.5 Å².